The van der Waals surface area contributed by atoms with Gasteiger partial charge >= 0.3 is 0 Å². The van der Waals surface area contributed by atoms with Gasteiger partial charge in [-0.25, -0.2) is 0 Å². The van der Waals surface area contributed by atoms with E-state index in [4.69, 9.17) is 0 Å². The third kappa shape index (κ3) is 1.53. The predicted octanol–water partition coefficient (Wildman–Crippen LogP) is 4.36. The summed E-state index contributed by atoms with van der Waals surface area (Å²) in [5.41, 5.74) is 4.25. The second-order valence-corrected chi connectivity index (χ2v) is 7.11. The number of nitrogens with one attached hydrogen (secondary N) is 1. The lowest BCUT2D eigenvalue weighted by molar-refractivity contribution is 0.0149. The van der Waals surface area contributed by atoms with Crippen LogP contribution in [0.5, 0.6) is 0 Å². The van der Waals surface area contributed by atoms with Crippen molar-refractivity contribution in [1.82, 2.24) is 9.88 Å². The van der Waals surface area contributed by atoms with Gasteiger partial charge in [0.25, 0.3) is 0 Å². The second kappa shape index (κ2) is 4.16. The van der Waals surface area contributed by atoms with Crippen LogP contribution in [-0.2, 0) is 0 Å². The highest BCUT2D eigenvalue weighted by molar-refractivity contribution is 5.91. The normalized spacial score (nSPS) is 33.3. The summed E-state index contributed by atoms with van der Waals surface area (Å²) in [7, 11) is 0. The van der Waals surface area contributed by atoms with Gasteiger partial charge in [-0.1, -0.05) is 31.5 Å². The van der Waals surface area contributed by atoms with E-state index in [2.05, 4.69) is 53.3 Å². The molecule has 2 aromatic rings. The van der Waals surface area contributed by atoms with Crippen molar-refractivity contribution in [2.24, 2.45) is 11.8 Å². The molecule has 6 rings (SSSR count). The lowest BCUT2D eigenvalue weighted by Gasteiger charge is -2.53. The van der Waals surface area contributed by atoms with Crippen molar-refractivity contribution in [1.29, 1.82) is 0 Å². The zero-order chi connectivity index (χ0) is 14.0. The number of piperidine rings is 2. The summed E-state index contributed by atoms with van der Waals surface area (Å²) in [5, 5.41) is 1.39. The summed E-state index contributed by atoms with van der Waals surface area (Å²) in [4.78, 5) is 6.41. The van der Waals surface area contributed by atoms with Crippen LogP contribution in [0.1, 0.15) is 43.4 Å². The van der Waals surface area contributed by atoms with Gasteiger partial charge in [-0.05, 0) is 36.8 Å². The minimum Gasteiger partial charge on any atom is -0.373 e. The molecule has 3 fully saturated rings. The van der Waals surface area contributed by atoms with Crippen LogP contribution in [0.3, 0.4) is 0 Å². The summed E-state index contributed by atoms with van der Waals surface area (Å²) >= 11 is 0. The summed E-state index contributed by atoms with van der Waals surface area (Å²) < 4.78 is 0. The minimum atomic E-state index is 0.694. The van der Waals surface area contributed by atoms with Crippen molar-refractivity contribution < 1.29 is 0 Å². The average molecular weight is 278 g/mol. The number of benzene rings is 1. The molecule has 108 valence electrons. The number of aromatic nitrogens is 1. The molecule has 3 aliphatic heterocycles. The lowest BCUT2D eigenvalue weighted by atomic mass is 9.65. The van der Waals surface area contributed by atoms with Crippen LogP contribution >= 0.6 is 0 Å². The Hall–Kier alpha value is -1.70. The fourth-order valence-corrected chi connectivity index (χ4v) is 5.25. The standard InChI is InChI=1S/C19H22N2/c1-2-13-9-12-10-16-18-15(7-8-21(11-12)19(13)16)14-5-3-4-6-17(14)20-18/h3-8,12-13,16,19-20H,2,9-11H2,1H3. The van der Waals surface area contributed by atoms with Crippen molar-refractivity contribution >= 4 is 17.0 Å². The molecule has 1 aliphatic carbocycles. The van der Waals surface area contributed by atoms with E-state index in [0.717, 1.165) is 11.8 Å². The third-order valence-electron chi connectivity index (χ3n) is 6.08. The lowest BCUT2D eigenvalue weighted by Crippen LogP contribution is -2.54. The van der Waals surface area contributed by atoms with E-state index in [-0.39, 0.29) is 0 Å². The predicted molar refractivity (Wildman–Crippen MR) is 87.1 cm³/mol. The van der Waals surface area contributed by atoms with Gasteiger partial charge in [0, 0.05) is 46.9 Å². The molecule has 1 aromatic heterocycles. The SMILES string of the molecule is CCC1CC2CC3c4[nH]c5ccccc5c4C=CN(C2)C13. The molecule has 0 radical (unpaired) electrons. The second-order valence-electron chi connectivity index (χ2n) is 7.11. The fourth-order valence-electron chi connectivity index (χ4n) is 5.25. The summed E-state index contributed by atoms with van der Waals surface area (Å²) in [6.45, 7) is 3.64. The van der Waals surface area contributed by atoms with E-state index in [1.54, 1.807) is 0 Å². The largest absolute Gasteiger partial charge is 0.373 e. The average Bonchev–Trinajstić information content (AvgIpc) is 2.86. The topological polar surface area (TPSA) is 19.0 Å². The van der Waals surface area contributed by atoms with E-state index in [0.29, 0.717) is 12.0 Å². The molecule has 0 amide bonds. The van der Waals surface area contributed by atoms with Gasteiger partial charge in [0.05, 0.1) is 0 Å². The number of aromatic amines is 1. The van der Waals surface area contributed by atoms with Crippen LogP contribution in [0.25, 0.3) is 17.0 Å². The van der Waals surface area contributed by atoms with Gasteiger partial charge in [0.2, 0.25) is 0 Å². The van der Waals surface area contributed by atoms with Crippen LogP contribution in [-0.4, -0.2) is 22.5 Å². The van der Waals surface area contributed by atoms with Crippen molar-refractivity contribution in [2.45, 2.75) is 38.1 Å². The van der Waals surface area contributed by atoms with Crippen LogP contribution < -0.4 is 0 Å². The first kappa shape index (κ1) is 11.9. The van der Waals surface area contributed by atoms with E-state index >= 15 is 0 Å². The highest BCUT2D eigenvalue weighted by Gasteiger charge is 2.47. The summed E-state index contributed by atoms with van der Waals surface area (Å²) in [5.74, 6) is 2.44. The Kier molecular flexibility index (Phi) is 2.36. The molecule has 4 atom stereocenters. The number of rotatable bonds is 1. The maximum absolute atomic E-state index is 3.76. The number of hydrogen-bond acceptors (Lipinski definition) is 1. The third-order valence-corrected chi connectivity index (χ3v) is 6.08. The zero-order valence-electron chi connectivity index (χ0n) is 12.5. The Morgan fingerprint density at radius 3 is 3.05 bits per heavy atom. The quantitative estimate of drug-likeness (QED) is 0.821. The Labute approximate surface area is 125 Å². The van der Waals surface area contributed by atoms with Crippen molar-refractivity contribution in [3.05, 3.63) is 41.7 Å². The smallest absolute Gasteiger partial charge is 0.0462 e. The maximum Gasteiger partial charge on any atom is 0.0462 e. The molecule has 4 heterocycles. The summed E-state index contributed by atoms with van der Waals surface area (Å²) in [6.07, 6.45) is 8.88. The first-order chi connectivity index (χ1) is 10.3. The molecular formula is C19H22N2. The molecule has 2 nitrogen and oxygen atoms in total. The molecule has 0 spiro atoms. The van der Waals surface area contributed by atoms with Crippen molar-refractivity contribution in [3.63, 3.8) is 0 Å². The molecule has 4 aliphatic rings. The zero-order valence-corrected chi connectivity index (χ0v) is 12.5. The Morgan fingerprint density at radius 1 is 1.24 bits per heavy atom. The van der Waals surface area contributed by atoms with E-state index in [1.807, 2.05) is 0 Å². The number of H-pyrrole nitrogens is 1. The Balaban J connectivity index is 1.73. The Bertz CT molecular complexity index is 726. The van der Waals surface area contributed by atoms with E-state index < -0.39 is 0 Å². The Morgan fingerprint density at radius 2 is 2.14 bits per heavy atom. The highest BCUT2D eigenvalue weighted by atomic mass is 15.2. The molecule has 2 heteroatoms. The van der Waals surface area contributed by atoms with Crippen molar-refractivity contribution in [2.75, 3.05) is 6.54 Å². The van der Waals surface area contributed by atoms with Gasteiger partial charge in [-0.2, -0.15) is 0 Å². The first-order valence-corrected chi connectivity index (χ1v) is 8.39. The summed E-state index contributed by atoms with van der Waals surface area (Å²) in [6, 6.07) is 9.48. The van der Waals surface area contributed by atoms with Crippen molar-refractivity contribution in [3.8, 4) is 0 Å². The van der Waals surface area contributed by atoms with Gasteiger partial charge in [0.1, 0.15) is 0 Å². The molecule has 1 N–H and O–H groups in total. The molecule has 21 heavy (non-hydrogen) atoms. The number of fused-ring (bicyclic) bond motifs is 4. The molecule has 1 saturated carbocycles. The monoisotopic (exact) mass is 278 g/mol. The minimum absolute atomic E-state index is 0.694. The molecule has 1 aromatic carbocycles. The van der Waals surface area contributed by atoms with Gasteiger partial charge < -0.3 is 9.88 Å². The van der Waals surface area contributed by atoms with E-state index in [1.165, 1.54) is 48.0 Å². The molecule has 4 bridgehead atoms. The first-order valence-electron chi connectivity index (χ1n) is 8.39. The maximum atomic E-state index is 3.76. The van der Waals surface area contributed by atoms with Crippen LogP contribution in [0.4, 0.5) is 0 Å². The van der Waals surface area contributed by atoms with Crippen LogP contribution in [0.15, 0.2) is 30.5 Å². The number of para-hydroxylation sites is 1. The van der Waals surface area contributed by atoms with Crippen LogP contribution in [0, 0.1) is 11.8 Å². The number of hydrogen-bond donors (Lipinski definition) is 1. The van der Waals surface area contributed by atoms with E-state index in [9.17, 15) is 0 Å². The van der Waals surface area contributed by atoms with Gasteiger partial charge in [0.15, 0.2) is 0 Å². The molecule has 4 unspecified atom stereocenters. The highest BCUT2D eigenvalue weighted by Crippen LogP contribution is 2.51. The van der Waals surface area contributed by atoms with Crippen LogP contribution in [0.2, 0.25) is 0 Å². The molecule has 2 saturated heterocycles. The van der Waals surface area contributed by atoms with Gasteiger partial charge in [-0.3, -0.25) is 0 Å². The van der Waals surface area contributed by atoms with Gasteiger partial charge in [-0.15, -0.1) is 0 Å². The number of nitrogens with zero attached hydrogens (tertiary/aromatic N) is 1. The fraction of sp³-hybridized carbons (Fsp3) is 0.474. The molecular weight excluding hydrogens is 256 g/mol.